The summed E-state index contributed by atoms with van der Waals surface area (Å²) in [7, 11) is 0. The van der Waals surface area contributed by atoms with Gasteiger partial charge in [-0.1, -0.05) is 45.4 Å². The molecule has 0 aliphatic carbocycles. The van der Waals surface area contributed by atoms with Crippen molar-refractivity contribution in [3.8, 4) is 0 Å². The van der Waals surface area contributed by atoms with Crippen molar-refractivity contribution in [3.63, 3.8) is 0 Å². The smallest absolute Gasteiger partial charge is 0.410 e. The monoisotopic (exact) mass is 910 g/mol. The van der Waals surface area contributed by atoms with Crippen LogP contribution in [0.3, 0.4) is 0 Å². The van der Waals surface area contributed by atoms with Crippen LogP contribution in [-0.4, -0.2) is 149 Å². The minimum absolute atomic E-state index is 0. The van der Waals surface area contributed by atoms with Crippen molar-refractivity contribution in [2.45, 2.75) is 66.7 Å². The van der Waals surface area contributed by atoms with E-state index >= 15 is 0 Å². The average molecular weight is 913 g/mol. The van der Waals surface area contributed by atoms with E-state index in [9.17, 15) is 14.4 Å². The van der Waals surface area contributed by atoms with Crippen molar-refractivity contribution in [2.24, 2.45) is 0 Å². The molecule has 4 saturated heterocycles. The summed E-state index contributed by atoms with van der Waals surface area (Å²) in [5.41, 5.74) is 3.50. The van der Waals surface area contributed by atoms with Crippen molar-refractivity contribution < 1.29 is 33.3 Å². The minimum Gasteiger partial charge on any atom is -0.444 e. The maximum Gasteiger partial charge on any atom is 0.410 e. The maximum absolute atomic E-state index is 12.2. The summed E-state index contributed by atoms with van der Waals surface area (Å²) in [6.45, 7) is 25.1. The predicted molar refractivity (Wildman–Crippen MR) is 230 cm³/mol. The molecule has 0 radical (unpaired) electrons. The number of benzene rings is 2. The van der Waals surface area contributed by atoms with Crippen LogP contribution < -0.4 is 15.1 Å². The number of anilines is 2. The normalized spacial score (nSPS) is 18.0. The predicted octanol–water partition coefficient (Wildman–Crippen LogP) is 6.90. The third kappa shape index (κ3) is 16.1. The maximum atomic E-state index is 12.2. The van der Waals surface area contributed by atoms with E-state index in [4.69, 9.17) is 18.9 Å². The first-order valence-electron chi connectivity index (χ1n) is 19.2. The topological polar surface area (TPSA) is 116 Å². The van der Waals surface area contributed by atoms with Crippen LogP contribution in [0.15, 0.2) is 45.3 Å². The van der Waals surface area contributed by atoms with E-state index in [1.165, 1.54) is 11.3 Å². The highest BCUT2D eigenvalue weighted by atomic mass is 79.9. The van der Waals surface area contributed by atoms with Crippen LogP contribution in [0.4, 0.5) is 21.0 Å². The Kier molecular flexibility index (Phi) is 19.4. The summed E-state index contributed by atoms with van der Waals surface area (Å²) < 4.78 is 23.6. The van der Waals surface area contributed by atoms with Crippen LogP contribution in [0.5, 0.6) is 0 Å². The molecule has 2 aromatic rings. The number of nitrogens with one attached hydrogen (secondary N) is 1. The Labute approximate surface area is 351 Å². The molecule has 314 valence electrons. The highest BCUT2D eigenvalue weighted by Crippen LogP contribution is 2.28. The molecule has 4 heterocycles. The van der Waals surface area contributed by atoms with Gasteiger partial charge in [0.2, 0.25) is 0 Å². The molecule has 4 aliphatic rings. The van der Waals surface area contributed by atoms with Crippen molar-refractivity contribution in [3.05, 3.63) is 56.5 Å². The number of morpholine rings is 2. The molecular formula is C41H64Br2N6O7. The molecule has 56 heavy (non-hydrogen) atoms. The molecule has 0 spiro atoms. The Morgan fingerprint density at radius 1 is 0.679 bits per heavy atom. The lowest BCUT2D eigenvalue weighted by molar-refractivity contribution is 0.0138. The Morgan fingerprint density at radius 3 is 1.61 bits per heavy atom. The Hall–Kier alpha value is -2.95. The van der Waals surface area contributed by atoms with Crippen molar-refractivity contribution in [2.75, 3.05) is 115 Å². The summed E-state index contributed by atoms with van der Waals surface area (Å²) in [5.74, 6) is 0. The number of hydrogen-bond donors (Lipinski definition) is 1. The van der Waals surface area contributed by atoms with E-state index in [1.54, 1.807) is 4.90 Å². The van der Waals surface area contributed by atoms with Crippen LogP contribution in [0.2, 0.25) is 0 Å². The van der Waals surface area contributed by atoms with Gasteiger partial charge in [0, 0.05) is 111 Å². The molecular weight excluding hydrogens is 848 g/mol. The van der Waals surface area contributed by atoms with Crippen molar-refractivity contribution in [1.29, 1.82) is 0 Å². The lowest BCUT2D eigenvalue weighted by Crippen LogP contribution is -2.49. The fourth-order valence-electron chi connectivity index (χ4n) is 6.29. The fraction of sp³-hybridized carbons (Fsp3) is 0.634. The van der Waals surface area contributed by atoms with Crippen LogP contribution in [0.1, 0.15) is 64.9 Å². The number of amides is 2. The second-order valence-corrected chi connectivity index (χ2v) is 17.6. The van der Waals surface area contributed by atoms with E-state index < -0.39 is 5.60 Å². The van der Waals surface area contributed by atoms with E-state index in [0.717, 1.165) is 125 Å². The summed E-state index contributed by atoms with van der Waals surface area (Å²) in [6, 6.07) is 12.2. The molecule has 6 rings (SSSR count). The average Bonchev–Trinajstić information content (AvgIpc) is 3.16. The van der Waals surface area contributed by atoms with E-state index in [2.05, 4.69) is 70.1 Å². The first-order valence-corrected chi connectivity index (χ1v) is 20.8. The SMILES string of the molecule is C.CC(C)(C)OC(=O)N1CCN(Cc2ccc(Br)cc2N2CCOCC2)CC1.CC(C)(C)OC(=O)N1CCNCC1.O=Cc1ccc(Br)cc1N1CCOCC1. The third-order valence-electron chi connectivity index (χ3n) is 9.06. The molecule has 4 fully saturated rings. The largest absolute Gasteiger partial charge is 0.444 e. The first-order chi connectivity index (χ1) is 26.1. The number of piperazine rings is 2. The van der Waals surface area contributed by atoms with Crippen molar-refractivity contribution >= 4 is 61.7 Å². The molecule has 15 heteroatoms. The lowest BCUT2D eigenvalue weighted by Gasteiger charge is -2.37. The van der Waals surface area contributed by atoms with Gasteiger partial charge in [-0.15, -0.1) is 0 Å². The molecule has 2 aromatic carbocycles. The molecule has 0 bridgehead atoms. The molecule has 1 N–H and O–H groups in total. The summed E-state index contributed by atoms with van der Waals surface area (Å²) in [5, 5.41) is 3.18. The Morgan fingerprint density at radius 2 is 1.12 bits per heavy atom. The Bertz CT molecular complexity index is 1530. The van der Waals surface area contributed by atoms with E-state index in [-0.39, 0.29) is 25.2 Å². The standard InChI is InChI=1S/C20H30BrN3O3.C11H12BrNO2.C9H18N2O2.CH4/c1-20(2,3)27-19(25)24-8-6-22(7-9-24)15-16-4-5-17(21)14-18(16)23-10-12-26-13-11-23;12-10-2-1-9(8-14)11(7-10)13-3-5-15-6-4-13;1-9(2,3)13-8(12)11-6-4-10-5-7-11;/h4-5,14H,6-13,15H2,1-3H3;1-2,7-8H,3-6H2;10H,4-7H2,1-3H3;1H4. The number of aldehydes is 1. The number of carbonyl (C=O) groups excluding carboxylic acids is 3. The lowest BCUT2D eigenvalue weighted by atomic mass is 10.1. The zero-order valence-corrected chi connectivity index (χ0v) is 36.6. The fourth-order valence-corrected chi connectivity index (χ4v) is 6.99. The zero-order chi connectivity index (χ0) is 40.0. The van der Waals surface area contributed by atoms with E-state index in [0.29, 0.717) is 13.1 Å². The van der Waals surface area contributed by atoms with Gasteiger partial charge in [0.25, 0.3) is 0 Å². The van der Waals surface area contributed by atoms with Gasteiger partial charge in [0.15, 0.2) is 6.29 Å². The molecule has 0 saturated carbocycles. The second kappa shape index (κ2) is 22.8. The molecule has 0 unspecified atom stereocenters. The van der Waals surface area contributed by atoms with Gasteiger partial charge in [-0.3, -0.25) is 9.69 Å². The minimum atomic E-state index is -0.446. The quantitative estimate of drug-likeness (QED) is 0.316. The number of nitrogens with zero attached hydrogens (tertiary/aromatic N) is 5. The molecule has 13 nitrogen and oxygen atoms in total. The van der Waals surface area contributed by atoms with Gasteiger partial charge in [0.1, 0.15) is 11.2 Å². The number of ether oxygens (including phenoxy) is 4. The summed E-state index contributed by atoms with van der Waals surface area (Å²) in [6.07, 6.45) is 0.492. The van der Waals surface area contributed by atoms with Gasteiger partial charge in [-0.2, -0.15) is 0 Å². The number of rotatable bonds is 5. The van der Waals surface area contributed by atoms with Gasteiger partial charge in [-0.25, -0.2) is 9.59 Å². The van der Waals surface area contributed by atoms with Crippen molar-refractivity contribution in [1.82, 2.24) is 20.0 Å². The van der Waals surface area contributed by atoms with Crippen LogP contribution in [0.25, 0.3) is 0 Å². The van der Waals surface area contributed by atoms with Gasteiger partial charge < -0.3 is 43.9 Å². The third-order valence-corrected chi connectivity index (χ3v) is 10.0. The van der Waals surface area contributed by atoms with Gasteiger partial charge in [0.05, 0.1) is 26.4 Å². The highest BCUT2D eigenvalue weighted by Gasteiger charge is 2.27. The second-order valence-electron chi connectivity index (χ2n) is 15.8. The first kappa shape index (κ1) is 47.4. The van der Waals surface area contributed by atoms with Crippen LogP contribution >= 0.6 is 31.9 Å². The number of halogens is 2. The number of carbonyl (C=O) groups is 3. The van der Waals surface area contributed by atoms with Gasteiger partial charge >= 0.3 is 12.2 Å². The van der Waals surface area contributed by atoms with E-state index in [1.807, 2.05) is 64.6 Å². The Balaban J connectivity index is 0.000000245. The highest BCUT2D eigenvalue weighted by molar-refractivity contribution is 9.10. The zero-order valence-electron chi connectivity index (χ0n) is 33.4. The summed E-state index contributed by atoms with van der Waals surface area (Å²) >= 11 is 7.02. The van der Waals surface area contributed by atoms with Crippen LogP contribution in [0, 0.1) is 0 Å². The van der Waals surface area contributed by atoms with Gasteiger partial charge in [-0.05, 0) is 77.4 Å². The molecule has 4 aliphatic heterocycles. The molecule has 2 amide bonds. The summed E-state index contributed by atoms with van der Waals surface area (Å²) in [4.78, 5) is 45.2. The van der Waals surface area contributed by atoms with Crippen LogP contribution in [-0.2, 0) is 25.5 Å². The number of hydrogen-bond acceptors (Lipinski definition) is 11. The molecule has 0 atom stereocenters. The molecule has 0 aromatic heterocycles.